The number of hydrogen-bond acceptors (Lipinski definition) is 3. The van der Waals surface area contributed by atoms with Crippen molar-refractivity contribution >= 4 is 11.9 Å². The standard InChI is InChI=1S/C15H23N5O/c1-4-9-18-15(16-2)19-12-14(21)20(3)11-8-13-7-5-6-10-17-13/h4-7,10H,1,8-9,11-12H2,2-3H3,(H2,16,18,19). The summed E-state index contributed by atoms with van der Waals surface area (Å²) in [5.41, 5.74) is 0.980. The molecule has 0 radical (unpaired) electrons. The van der Waals surface area contributed by atoms with Gasteiger partial charge < -0.3 is 15.5 Å². The first-order chi connectivity index (χ1) is 10.2. The molecule has 0 aliphatic rings. The summed E-state index contributed by atoms with van der Waals surface area (Å²) in [6, 6.07) is 5.78. The Morgan fingerprint density at radius 2 is 2.29 bits per heavy atom. The third-order valence-electron chi connectivity index (χ3n) is 2.90. The summed E-state index contributed by atoms with van der Waals surface area (Å²) in [4.78, 5) is 21.9. The van der Waals surface area contributed by atoms with E-state index in [1.807, 2.05) is 18.2 Å². The highest BCUT2D eigenvalue weighted by Crippen LogP contribution is 1.96. The van der Waals surface area contributed by atoms with Gasteiger partial charge in [-0.2, -0.15) is 0 Å². The number of pyridine rings is 1. The maximum atomic E-state index is 12.0. The van der Waals surface area contributed by atoms with Gasteiger partial charge in [0.2, 0.25) is 5.91 Å². The van der Waals surface area contributed by atoms with Crippen molar-refractivity contribution in [2.24, 2.45) is 4.99 Å². The van der Waals surface area contributed by atoms with Crippen LogP contribution in [0.3, 0.4) is 0 Å². The monoisotopic (exact) mass is 289 g/mol. The number of carbonyl (C=O) groups is 1. The molecular weight excluding hydrogens is 266 g/mol. The van der Waals surface area contributed by atoms with E-state index in [-0.39, 0.29) is 12.5 Å². The number of hydrogen-bond donors (Lipinski definition) is 2. The first kappa shape index (κ1) is 16.7. The van der Waals surface area contributed by atoms with E-state index in [4.69, 9.17) is 0 Å². The van der Waals surface area contributed by atoms with Crippen molar-refractivity contribution in [3.63, 3.8) is 0 Å². The Balaban J connectivity index is 2.32. The van der Waals surface area contributed by atoms with Crippen LogP contribution < -0.4 is 10.6 Å². The Kier molecular flexibility index (Phi) is 7.56. The number of aromatic nitrogens is 1. The van der Waals surface area contributed by atoms with Gasteiger partial charge in [-0.25, -0.2) is 0 Å². The average Bonchev–Trinajstić information content (AvgIpc) is 2.53. The van der Waals surface area contributed by atoms with Gasteiger partial charge in [-0.15, -0.1) is 6.58 Å². The number of rotatable bonds is 7. The van der Waals surface area contributed by atoms with Gasteiger partial charge >= 0.3 is 0 Å². The van der Waals surface area contributed by atoms with Crippen molar-refractivity contribution in [3.05, 3.63) is 42.7 Å². The van der Waals surface area contributed by atoms with Crippen LogP contribution in [0.25, 0.3) is 0 Å². The summed E-state index contributed by atoms with van der Waals surface area (Å²) in [7, 11) is 3.45. The van der Waals surface area contributed by atoms with Crippen LogP contribution in [0.1, 0.15) is 5.69 Å². The van der Waals surface area contributed by atoms with E-state index >= 15 is 0 Å². The van der Waals surface area contributed by atoms with E-state index in [1.54, 1.807) is 31.3 Å². The van der Waals surface area contributed by atoms with Crippen molar-refractivity contribution in [2.75, 3.05) is 33.7 Å². The molecule has 114 valence electrons. The van der Waals surface area contributed by atoms with Crippen molar-refractivity contribution in [1.82, 2.24) is 20.5 Å². The molecule has 0 spiro atoms. The lowest BCUT2D eigenvalue weighted by atomic mass is 10.2. The second-order valence-corrected chi connectivity index (χ2v) is 4.48. The summed E-state index contributed by atoms with van der Waals surface area (Å²) in [6.07, 6.45) is 4.23. The lowest BCUT2D eigenvalue weighted by Crippen LogP contribution is -2.44. The van der Waals surface area contributed by atoms with Crippen molar-refractivity contribution in [3.8, 4) is 0 Å². The predicted octanol–water partition coefficient (Wildman–Crippen LogP) is 0.434. The predicted molar refractivity (Wildman–Crippen MR) is 85.1 cm³/mol. The van der Waals surface area contributed by atoms with Crippen LogP contribution in [0.2, 0.25) is 0 Å². The molecule has 0 fully saturated rings. The summed E-state index contributed by atoms with van der Waals surface area (Å²) < 4.78 is 0. The molecule has 0 saturated heterocycles. The van der Waals surface area contributed by atoms with Crippen LogP contribution >= 0.6 is 0 Å². The largest absolute Gasteiger partial charge is 0.353 e. The molecule has 1 aromatic heterocycles. The average molecular weight is 289 g/mol. The topological polar surface area (TPSA) is 69.6 Å². The molecule has 1 aromatic rings. The molecule has 6 nitrogen and oxygen atoms in total. The number of aliphatic imine (C=N–C) groups is 1. The van der Waals surface area contributed by atoms with Crippen LogP contribution in [0.4, 0.5) is 0 Å². The van der Waals surface area contributed by atoms with E-state index in [0.717, 1.165) is 12.1 Å². The fourth-order valence-electron chi connectivity index (χ4n) is 1.64. The number of carbonyl (C=O) groups excluding carboxylic acids is 1. The van der Waals surface area contributed by atoms with Gasteiger partial charge in [-0.1, -0.05) is 12.1 Å². The number of guanidine groups is 1. The zero-order valence-electron chi connectivity index (χ0n) is 12.7. The van der Waals surface area contributed by atoms with Crippen LogP contribution in [0.5, 0.6) is 0 Å². The number of nitrogens with zero attached hydrogens (tertiary/aromatic N) is 3. The lowest BCUT2D eigenvalue weighted by Gasteiger charge is -2.18. The molecule has 0 atom stereocenters. The molecule has 0 unspecified atom stereocenters. The van der Waals surface area contributed by atoms with Gasteiger partial charge in [-0.3, -0.25) is 14.8 Å². The van der Waals surface area contributed by atoms with E-state index in [9.17, 15) is 4.79 Å². The second kappa shape index (κ2) is 9.52. The Morgan fingerprint density at radius 3 is 2.90 bits per heavy atom. The zero-order valence-corrected chi connectivity index (χ0v) is 12.7. The Labute approximate surface area is 126 Å². The first-order valence-corrected chi connectivity index (χ1v) is 6.86. The smallest absolute Gasteiger partial charge is 0.241 e. The van der Waals surface area contributed by atoms with Crippen molar-refractivity contribution in [1.29, 1.82) is 0 Å². The van der Waals surface area contributed by atoms with Crippen LogP contribution in [-0.2, 0) is 11.2 Å². The molecule has 1 heterocycles. The van der Waals surface area contributed by atoms with Gasteiger partial charge in [0.15, 0.2) is 5.96 Å². The molecule has 0 aliphatic carbocycles. The molecule has 21 heavy (non-hydrogen) atoms. The van der Waals surface area contributed by atoms with Crippen LogP contribution in [0, 0.1) is 0 Å². The summed E-state index contributed by atoms with van der Waals surface area (Å²) in [6.45, 7) is 5.06. The minimum atomic E-state index is 0.00693. The number of amides is 1. The van der Waals surface area contributed by atoms with E-state index in [0.29, 0.717) is 19.0 Å². The SMILES string of the molecule is C=CCNC(=NC)NCC(=O)N(C)CCc1ccccn1. The number of nitrogens with one attached hydrogen (secondary N) is 2. The van der Waals surface area contributed by atoms with Gasteiger partial charge in [0.1, 0.15) is 0 Å². The second-order valence-electron chi connectivity index (χ2n) is 4.48. The van der Waals surface area contributed by atoms with Crippen LogP contribution in [0.15, 0.2) is 42.0 Å². The van der Waals surface area contributed by atoms with E-state index < -0.39 is 0 Å². The highest BCUT2D eigenvalue weighted by molar-refractivity contribution is 5.86. The molecule has 2 N–H and O–H groups in total. The van der Waals surface area contributed by atoms with Crippen molar-refractivity contribution < 1.29 is 4.79 Å². The highest BCUT2D eigenvalue weighted by Gasteiger charge is 2.09. The zero-order chi connectivity index (χ0) is 15.5. The summed E-state index contributed by atoms with van der Waals surface area (Å²) >= 11 is 0. The van der Waals surface area contributed by atoms with E-state index in [1.165, 1.54) is 0 Å². The fraction of sp³-hybridized carbons (Fsp3) is 0.400. The van der Waals surface area contributed by atoms with Crippen molar-refractivity contribution in [2.45, 2.75) is 6.42 Å². The molecule has 0 bridgehead atoms. The third-order valence-corrected chi connectivity index (χ3v) is 2.90. The Hall–Kier alpha value is -2.37. The van der Waals surface area contributed by atoms with Gasteiger partial charge in [0, 0.05) is 45.5 Å². The highest BCUT2D eigenvalue weighted by atomic mass is 16.2. The molecule has 0 aliphatic heterocycles. The Morgan fingerprint density at radius 1 is 1.48 bits per heavy atom. The lowest BCUT2D eigenvalue weighted by molar-refractivity contribution is -0.128. The fourth-order valence-corrected chi connectivity index (χ4v) is 1.64. The minimum Gasteiger partial charge on any atom is -0.353 e. The molecule has 0 aromatic carbocycles. The van der Waals surface area contributed by atoms with Gasteiger partial charge in [-0.05, 0) is 12.1 Å². The quantitative estimate of drug-likeness (QED) is 0.434. The van der Waals surface area contributed by atoms with E-state index in [2.05, 4.69) is 27.2 Å². The van der Waals surface area contributed by atoms with Gasteiger partial charge in [0.05, 0.1) is 6.54 Å². The first-order valence-electron chi connectivity index (χ1n) is 6.86. The maximum absolute atomic E-state index is 12.0. The molecular formula is C15H23N5O. The Bertz CT molecular complexity index is 472. The summed E-state index contributed by atoms with van der Waals surface area (Å²) in [5.74, 6) is 0.592. The molecule has 6 heteroatoms. The van der Waals surface area contributed by atoms with Gasteiger partial charge in [0.25, 0.3) is 0 Å². The third kappa shape index (κ3) is 6.56. The molecule has 1 rings (SSSR count). The molecule has 1 amide bonds. The summed E-state index contributed by atoms with van der Waals surface area (Å²) in [5, 5.41) is 5.98. The number of likely N-dealkylation sites (N-methyl/N-ethyl adjacent to an activating group) is 1. The molecule has 0 saturated carbocycles. The van der Waals surface area contributed by atoms with Crippen LogP contribution in [-0.4, -0.2) is 55.5 Å². The minimum absolute atomic E-state index is 0.00693. The normalized spacial score (nSPS) is 10.9. The maximum Gasteiger partial charge on any atom is 0.241 e.